The van der Waals surface area contributed by atoms with Crippen LogP contribution >= 0.6 is 12.4 Å². The number of rotatable bonds is 3. The number of hydrogen-bond donors (Lipinski definition) is 1. The second-order valence-corrected chi connectivity index (χ2v) is 4.23. The Bertz CT molecular complexity index is 375. The molecule has 1 saturated heterocycles. The Kier molecular flexibility index (Phi) is 5.95. The zero-order chi connectivity index (χ0) is 12.1. The number of benzene rings is 1. The van der Waals surface area contributed by atoms with Gasteiger partial charge in [-0.2, -0.15) is 0 Å². The Morgan fingerprint density at radius 1 is 1.28 bits per heavy atom. The van der Waals surface area contributed by atoms with Crippen molar-refractivity contribution < 1.29 is 9.53 Å². The summed E-state index contributed by atoms with van der Waals surface area (Å²) in [5.41, 5.74) is 1.19. The maximum atomic E-state index is 11.8. The summed E-state index contributed by atoms with van der Waals surface area (Å²) >= 11 is 0. The number of ether oxygens (including phenoxy) is 1. The molecule has 0 aliphatic carbocycles. The van der Waals surface area contributed by atoms with Crippen LogP contribution in [0.5, 0.6) is 5.75 Å². The molecule has 0 radical (unpaired) electrons. The molecule has 2 rings (SSSR count). The predicted molar refractivity (Wildman–Crippen MR) is 73.4 cm³/mol. The molecule has 1 aliphatic heterocycles. The van der Waals surface area contributed by atoms with Gasteiger partial charge in [0.05, 0.1) is 0 Å². The molecule has 5 heteroatoms. The van der Waals surface area contributed by atoms with Crippen LogP contribution in [0.1, 0.15) is 5.56 Å². The van der Waals surface area contributed by atoms with E-state index in [2.05, 4.69) is 5.32 Å². The summed E-state index contributed by atoms with van der Waals surface area (Å²) < 4.78 is 5.46. The van der Waals surface area contributed by atoms with Crippen molar-refractivity contribution in [2.75, 3.05) is 32.8 Å². The standard InChI is InChI=1S/C13H18N2O2.ClH/c1-11-2-4-12(5-3-11)17-10-13(16)15-8-6-14-7-9-15;/h2-5,14H,6-10H2,1H3;1H. The lowest BCUT2D eigenvalue weighted by molar-refractivity contribution is -0.133. The predicted octanol–water partition coefficient (Wildman–Crippen LogP) is 1.23. The van der Waals surface area contributed by atoms with E-state index in [1.54, 1.807) is 0 Å². The van der Waals surface area contributed by atoms with Gasteiger partial charge in [0.1, 0.15) is 5.75 Å². The average molecular weight is 271 g/mol. The number of hydrogen-bond acceptors (Lipinski definition) is 3. The Morgan fingerprint density at radius 3 is 2.50 bits per heavy atom. The lowest BCUT2D eigenvalue weighted by Crippen LogP contribution is -2.47. The smallest absolute Gasteiger partial charge is 0.260 e. The number of carbonyl (C=O) groups excluding carboxylic acids is 1. The Morgan fingerprint density at radius 2 is 1.89 bits per heavy atom. The molecule has 0 spiro atoms. The van der Waals surface area contributed by atoms with Gasteiger partial charge in [-0.05, 0) is 19.1 Å². The summed E-state index contributed by atoms with van der Waals surface area (Å²) in [5.74, 6) is 0.811. The zero-order valence-corrected chi connectivity index (χ0v) is 11.3. The summed E-state index contributed by atoms with van der Waals surface area (Å²) in [6.45, 7) is 5.44. The van der Waals surface area contributed by atoms with Crippen LogP contribution in [0.2, 0.25) is 0 Å². The number of amides is 1. The second kappa shape index (κ2) is 7.24. The van der Waals surface area contributed by atoms with Crippen LogP contribution in [0, 0.1) is 6.92 Å². The van der Waals surface area contributed by atoms with Crippen molar-refractivity contribution >= 4 is 18.3 Å². The number of nitrogens with zero attached hydrogens (tertiary/aromatic N) is 1. The Balaban J connectivity index is 0.00000162. The van der Waals surface area contributed by atoms with Gasteiger partial charge in [-0.1, -0.05) is 17.7 Å². The molecule has 18 heavy (non-hydrogen) atoms. The minimum absolute atomic E-state index is 0. The SMILES string of the molecule is Cc1ccc(OCC(=O)N2CCNCC2)cc1.Cl. The molecular weight excluding hydrogens is 252 g/mol. The fourth-order valence-electron chi connectivity index (χ4n) is 1.79. The van der Waals surface area contributed by atoms with Crippen LogP contribution in [0.4, 0.5) is 0 Å². The quantitative estimate of drug-likeness (QED) is 0.898. The minimum Gasteiger partial charge on any atom is -0.484 e. The van der Waals surface area contributed by atoms with Gasteiger partial charge in [-0.15, -0.1) is 12.4 Å². The van der Waals surface area contributed by atoms with Crippen molar-refractivity contribution in [2.45, 2.75) is 6.92 Å². The number of carbonyl (C=O) groups is 1. The average Bonchev–Trinajstić information content (AvgIpc) is 2.39. The van der Waals surface area contributed by atoms with Gasteiger partial charge in [-0.25, -0.2) is 0 Å². The molecule has 100 valence electrons. The van der Waals surface area contributed by atoms with Crippen molar-refractivity contribution in [1.82, 2.24) is 10.2 Å². The van der Waals surface area contributed by atoms with E-state index >= 15 is 0 Å². The van der Waals surface area contributed by atoms with Gasteiger partial charge in [0.15, 0.2) is 6.61 Å². The van der Waals surface area contributed by atoms with E-state index in [1.165, 1.54) is 5.56 Å². The highest BCUT2D eigenvalue weighted by atomic mass is 35.5. The first-order valence-corrected chi connectivity index (χ1v) is 5.94. The minimum atomic E-state index is 0. The van der Waals surface area contributed by atoms with Crippen molar-refractivity contribution in [3.63, 3.8) is 0 Å². The number of aryl methyl sites for hydroxylation is 1. The van der Waals surface area contributed by atoms with E-state index in [9.17, 15) is 4.79 Å². The molecule has 0 unspecified atom stereocenters. The highest BCUT2D eigenvalue weighted by Gasteiger charge is 2.16. The van der Waals surface area contributed by atoms with Gasteiger partial charge in [0.25, 0.3) is 5.91 Å². The van der Waals surface area contributed by atoms with Crippen molar-refractivity contribution in [2.24, 2.45) is 0 Å². The number of nitrogens with one attached hydrogen (secondary N) is 1. The van der Waals surface area contributed by atoms with Gasteiger partial charge >= 0.3 is 0 Å². The van der Waals surface area contributed by atoms with Crippen molar-refractivity contribution in [3.05, 3.63) is 29.8 Å². The van der Waals surface area contributed by atoms with E-state index in [-0.39, 0.29) is 24.9 Å². The van der Waals surface area contributed by atoms with Crippen LogP contribution in [0.3, 0.4) is 0 Å². The molecule has 1 aliphatic rings. The molecule has 1 aromatic carbocycles. The van der Waals surface area contributed by atoms with Gasteiger partial charge in [0.2, 0.25) is 0 Å². The molecule has 0 bridgehead atoms. The Labute approximate surface area is 114 Å². The molecule has 4 nitrogen and oxygen atoms in total. The molecule has 0 aromatic heterocycles. The third kappa shape index (κ3) is 4.20. The van der Waals surface area contributed by atoms with E-state index in [0.29, 0.717) is 0 Å². The molecule has 0 saturated carbocycles. The van der Waals surface area contributed by atoms with Gasteiger partial charge < -0.3 is 15.0 Å². The largest absolute Gasteiger partial charge is 0.484 e. The maximum Gasteiger partial charge on any atom is 0.260 e. The van der Waals surface area contributed by atoms with E-state index in [4.69, 9.17) is 4.74 Å². The van der Waals surface area contributed by atoms with E-state index in [1.807, 2.05) is 36.1 Å². The second-order valence-electron chi connectivity index (χ2n) is 4.23. The zero-order valence-electron chi connectivity index (χ0n) is 10.5. The van der Waals surface area contributed by atoms with E-state index < -0.39 is 0 Å². The third-order valence-corrected chi connectivity index (χ3v) is 2.85. The monoisotopic (exact) mass is 270 g/mol. The van der Waals surface area contributed by atoms with Gasteiger partial charge in [0, 0.05) is 26.2 Å². The first-order valence-electron chi connectivity index (χ1n) is 5.94. The summed E-state index contributed by atoms with van der Waals surface area (Å²) in [6.07, 6.45) is 0. The van der Waals surface area contributed by atoms with Crippen LogP contribution < -0.4 is 10.1 Å². The first-order chi connectivity index (χ1) is 8.25. The third-order valence-electron chi connectivity index (χ3n) is 2.85. The van der Waals surface area contributed by atoms with Crippen molar-refractivity contribution in [1.29, 1.82) is 0 Å². The topological polar surface area (TPSA) is 41.6 Å². The molecule has 1 fully saturated rings. The number of piperazine rings is 1. The van der Waals surface area contributed by atoms with Crippen LogP contribution in [-0.2, 0) is 4.79 Å². The molecular formula is C13H19ClN2O2. The van der Waals surface area contributed by atoms with E-state index in [0.717, 1.165) is 31.9 Å². The molecule has 1 aromatic rings. The number of halogens is 1. The summed E-state index contributed by atoms with van der Waals surface area (Å²) in [6, 6.07) is 7.73. The first kappa shape index (κ1) is 14.8. The summed E-state index contributed by atoms with van der Waals surface area (Å²) in [5, 5.41) is 3.21. The van der Waals surface area contributed by atoms with Crippen LogP contribution in [0.15, 0.2) is 24.3 Å². The van der Waals surface area contributed by atoms with Crippen molar-refractivity contribution in [3.8, 4) is 5.75 Å². The van der Waals surface area contributed by atoms with Gasteiger partial charge in [-0.3, -0.25) is 4.79 Å². The molecule has 1 N–H and O–H groups in total. The Hall–Kier alpha value is -1.26. The maximum absolute atomic E-state index is 11.8. The normalized spacial score (nSPS) is 14.8. The fraction of sp³-hybridized carbons (Fsp3) is 0.462. The van der Waals surface area contributed by atoms with Crippen LogP contribution in [0.25, 0.3) is 0 Å². The summed E-state index contributed by atoms with van der Waals surface area (Å²) in [7, 11) is 0. The molecule has 0 atom stereocenters. The molecule has 1 amide bonds. The fourth-order valence-corrected chi connectivity index (χ4v) is 1.79. The van der Waals surface area contributed by atoms with Crippen LogP contribution in [-0.4, -0.2) is 43.6 Å². The lowest BCUT2D eigenvalue weighted by Gasteiger charge is -2.27. The highest BCUT2D eigenvalue weighted by Crippen LogP contribution is 2.11. The summed E-state index contributed by atoms with van der Waals surface area (Å²) in [4.78, 5) is 13.6. The molecule has 1 heterocycles. The highest BCUT2D eigenvalue weighted by molar-refractivity contribution is 5.85. The lowest BCUT2D eigenvalue weighted by atomic mass is 10.2.